The molecule has 3 aromatic rings. The van der Waals surface area contributed by atoms with E-state index in [0.717, 1.165) is 43.0 Å². The fraction of sp³-hybridized carbons (Fsp3) is 0.350. The van der Waals surface area contributed by atoms with Crippen LogP contribution in [0.1, 0.15) is 31.5 Å². The first kappa shape index (κ1) is 16.6. The van der Waals surface area contributed by atoms with Gasteiger partial charge in [-0.3, -0.25) is 0 Å². The van der Waals surface area contributed by atoms with Gasteiger partial charge in [-0.15, -0.1) is 0 Å². The van der Waals surface area contributed by atoms with Gasteiger partial charge in [-0.2, -0.15) is 5.10 Å². The van der Waals surface area contributed by atoms with Crippen LogP contribution >= 0.6 is 0 Å². The molecular formula is C20H23N5O. The SMILES string of the molecule is CCNC(=O)N1CCC(c2nc3ccc(-c4ccccc4)cn3n2)CC1. The number of nitrogens with zero attached hydrogens (tertiary/aromatic N) is 4. The monoisotopic (exact) mass is 349 g/mol. The summed E-state index contributed by atoms with van der Waals surface area (Å²) in [4.78, 5) is 18.5. The van der Waals surface area contributed by atoms with E-state index in [-0.39, 0.29) is 6.03 Å². The molecule has 2 amide bonds. The Hall–Kier alpha value is -2.89. The molecule has 0 saturated carbocycles. The molecule has 0 radical (unpaired) electrons. The lowest BCUT2D eigenvalue weighted by molar-refractivity contribution is 0.181. The normalized spacial score (nSPS) is 15.3. The van der Waals surface area contributed by atoms with Crippen molar-refractivity contribution in [3.63, 3.8) is 0 Å². The fourth-order valence-electron chi connectivity index (χ4n) is 3.48. The summed E-state index contributed by atoms with van der Waals surface area (Å²) in [7, 11) is 0. The second-order valence-corrected chi connectivity index (χ2v) is 6.65. The highest BCUT2D eigenvalue weighted by molar-refractivity contribution is 5.74. The Bertz CT molecular complexity index is 897. The molecule has 1 aliphatic rings. The van der Waals surface area contributed by atoms with Crippen LogP contribution in [-0.4, -0.2) is 45.2 Å². The van der Waals surface area contributed by atoms with Gasteiger partial charge >= 0.3 is 6.03 Å². The van der Waals surface area contributed by atoms with Crippen LogP contribution < -0.4 is 5.32 Å². The molecule has 1 aliphatic heterocycles. The first-order valence-electron chi connectivity index (χ1n) is 9.19. The Morgan fingerprint density at radius 1 is 1.12 bits per heavy atom. The summed E-state index contributed by atoms with van der Waals surface area (Å²) in [6, 6.07) is 14.4. The van der Waals surface area contributed by atoms with Crippen LogP contribution in [0, 0.1) is 0 Å². The molecule has 0 atom stereocenters. The maximum atomic E-state index is 11.9. The number of hydrogen-bond acceptors (Lipinski definition) is 3. The standard InChI is InChI=1S/C20H23N5O/c1-2-21-20(26)24-12-10-16(11-13-24)19-22-18-9-8-17(14-25(18)23-19)15-6-4-3-5-7-15/h3-9,14,16H,2,10-13H2,1H3,(H,21,26). The molecular weight excluding hydrogens is 326 g/mol. The zero-order valence-electron chi connectivity index (χ0n) is 14.9. The van der Waals surface area contributed by atoms with Crippen molar-refractivity contribution < 1.29 is 4.79 Å². The maximum absolute atomic E-state index is 11.9. The highest BCUT2D eigenvalue weighted by Crippen LogP contribution is 2.27. The summed E-state index contributed by atoms with van der Waals surface area (Å²) in [6.45, 7) is 4.11. The number of fused-ring (bicyclic) bond motifs is 1. The summed E-state index contributed by atoms with van der Waals surface area (Å²) >= 11 is 0. The van der Waals surface area contributed by atoms with Gasteiger partial charge in [0.1, 0.15) is 0 Å². The lowest BCUT2D eigenvalue weighted by Crippen LogP contribution is -2.44. The second kappa shape index (κ2) is 7.15. The molecule has 134 valence electrons. The molecule has 4 rings (SSSR count). The van der Waals surface area contributed by atoms with Gasteiger partial charge < -0.3 is 10.2 Å². The summed E-state index contributed by atoms with van der Waals surface area (Å²) < 4.78 is 1.87. The van der Waals surface area contributed by atoms with Crippen molar-refractivity contribution in [2.45, 2.75) is 25.7 Å². The zero-order chi connectivity index (χ0) is 17.9. The van der Waals surface area contributed by atoms with E-state index in [1.165, 1.54) is 5.56 Å². The number of hydrogen-bond donors (Lipinski definition) is 1. The van der Waals surface area contributed by atoms with Gasteiger partial charge in [0.05, 0.1) is 0 Å². The fourth-order valence-corrected chi connectivity index (χ4v) is 3.48. The van der Waals surface area contributed by atoms with Crippen molar-refractivity contribution in [1.29, 1.82) is 0 Å². The predicted molar refractivity (Wildman–Crippen MR) is 101 cm³/mol. The van der Waals surface area contributed by atoms with Gasteiger partial charge in [-0.05, 0) is 37.5 Å². The number of urea groups is 1. The highest BCUT2D eigenvalue weighted by Gasteiger charge is 2.26. The number of pyridine rings is 1. The van der Waals surface area contributed by atoms with E-state index in [0.29, 0.717) is 12.5 Å². The number of rotatable bonds is 3. The van der Waals surface area contributed by atoms with Crippen LogP contribution in [0.2, 0.25) is 0 Å². The molecule has 0 spiro atoms. The van der Waals surface area contributed by atoms with Gasteiger partial charge in [0, 0.05) is 37.3 Å². The molecule has 1 N–H and O–H groups in total. The molecule has 6 heteroatoms. The van der Waals surface area contributed by atoms with Gasteiger partial charge in [0.15, 0.2) is 11.5 Å². The molecule has 1 saturated heterocycles. The third-order valence-electron chi connectivity index (χ3n) is 4.93. The summed E-state index contributed by atoms with van der Waals surface area (Å²) in [5.41, 5.74) is 3.16. The smallest absolute Gasteiger partial charge is 0.317 e. The van der Waals surface area contributed by atoms with Crippen molar-refractivity contribution in [3.8, 4) is 11.1 Å². The van der Waals surface area contributed by atoms with E-state index in [4.69, 9.17) is 10.1 Å². The summed E-state index contributed by atoms with van der Waals surface area (Å²) in [6.07, 6.45) is 3.84. The summed E-state index contributed by atoms with van der Waals surface area (Å²) in [5, 5.41) is 7.58. The number of benzene rings is 1. The lowest BCUT2D eigenvalue weighted by Gasteiger charge is -2.30. The Kier molecular flexibility index (Phi) is 4.56. The number of amides is 2. The number of aromatic nitrogens is 3. The van der Waals surface area contributed by atoms with Crippen LogP contribution in [-0.2, 0) is 0 Å². The van der Waals surface area contributed by atoms with Crippen LogP contribution in [0.15, 0.2) is 48.7 Å². The van der Waals surface area contributed by atoms with Gasteiger partial charge in [0.25, 0.3) is 0 Å². The predicted octanol–water partition coefficient (Wildman–Crippen LogP) is 3.31. The zero-order valence-corrected chi connectivity index (χ0v) is 14.9. The first-order chi connectivity index (χ1) is 12.7. The number of piperidine rings is 1. The van der Waals surface area contributed by atoms with Gasteiger partial charge in [-0.1, -0.05) is 30.3 Å². The largest absolute Gasteiger partial charge is 0.338 e. The Labute approximate surface area is 152 Å². The van der Waals surface area contributed by atoms with Crippen LogP contribution in [0.4, 0.5) is 4.79 Å². The van der Waals surface area contributed by atoms with E-state index in [1.54, 1.807) is 0 Å². The van der Waals surface area contributed by atoms with Crippen LogP contribution in [0.25, 0.3) is 16.8 Å². The van der Waals surface area contributed by atoms with Gasteiger partial charge in [0.2, 0.25) is 0 Å². The van der Waals surface area contributed by atoms with Crippen molar-refractivity contribution in [3.05, 3.63) is 54.5 Å². The molecule has 6 nitrogen and oxygen atoms in total. The number of nitrogens with one attached hydrogen (secondary N) is 1. The first-order valence-corrected chi connectivity index (χ1v) is 9.19. The Balaban J connectivity index is 1.51. The van der Waals surface area contributed by atoms with E-state index >= 15 is 0 Å². The summed E-state index contributed by atoms with van der Waals surface area (Å²) in [5.74, 6) is 1.19. The average Bonchev–Trinajstić information content (AvgIpc) is 3.12. The van der Waals surface area contributed by atoms with E-state index in [9.17, 15) is 4.79 Å². The molecule has 1 fully saturated rings. The molecule has 2 aromatic heterocycles. The molecule has 26 heavy (non-hydrogen) atoms. The van der Waals surface area contributed by atoms with E-state index in [2.05, 4.69) is 23.5 Å². The second-order valence-electron chi connectivity index (χ2n) is 6.65. The quantitative estimate of drug-likeness (QED) is 0.789. The van der Waals surface area contributed by atoms with Crippen molar-refractivity contribution in [1.82, 2.24) is 24.8 Å². The van der Waals surface area contributed by atoms with Gasteiger partial charge in [-0.25, -0.2) is 14.3 Å². The van der Waals surface area contributed by atoms with Crippen molar-refractivity contribution >= 4 is 11.7 Å². The average molecular weight is 349 g/mol. The Morgan fingerprint density at radius 2 is 1.88 bits per heavy atom. The third-order valence-corrected chi connectivity index (χ3v) is 4.93. The van der Waals surface area contributed by atoms with Crippen LogP contribution in [0.3, 0.4) is 0 Å². The molecule has 0 aliphatic carbocycles. The third kappa shape index (κ3) is 3.27. The minimum absolute atomic E-state index is 0.0291. The lowest BCUT2D eigenvalue weighted by atomic mass is 9.96. The van der Waals surface area contributed by atoms with Crippen molar-refractivity contribution in [2.24, 2.45) is 0 Å². The highest BCUT2D eigenvalue weighted by atomic mass is 16.2. The molecule has 0 bridgehead atoms. The minimum atomic E-state index is 0.0291. The Morgan fingerprint density at radius 3 is 2.62 bits per heavy atom. The van der Waals surface area contributed by atoms with E-state index in [1.807, 2.05) is 46.8 Å². The molecule has 3 heterocycles. The molecule has 0 unspecified atom stereocenters. The van der Waals surface area contributed by atoms with Crippen molar-refractivity contribution in [2.75, 3.05) is 19.6 Å². The number of carbonyl (C=O) groups is 1. The maximum Gasteiger partial charge on any atom is 0.317 e. The van der Waals surface area contributed by atoms with E-state index < -0.39 is 0 Å². The minimum Gasteiger partial charge on any atom is -0.338 e. The van der Waals surface area contributed by atoms with Crippen LogP contribution in [0.5, 0.6) is 0 Å². The number of likely N-dealkylation sites (tertiary alicyclic amines) is 1. The molecule has 1 aromatic carbocycles. The number of carbonyl (C=O) groups excluding carboxylic acids is 1. The topological polar surface area (TPSA) is 62.5 Å².